The molecule has 1 atom stereocenters. The Labute approximate surface area is 162 Å². The number of rotatable bonds is 2. The third kappa shape index (κ3) is 2.78. The minimum absolute atomic E-state index is 0.188. The molecule has 2 aromatic carbocycles. The molecule has 0 bridgehead atoms. The lowest BCUT2D eigenvalue weighted by atomic mass is 10.3. The molecule has 0 spiro atoms. The van der Waals surface area contributed by atoms with Crippen LogP contribution in [0.1, 0.15) is 4.79 Å². The Morgan fingerprint density at radius 3 is 2.96 bits per heavy atom. The van der Waals surface area contributed by atoms with Crippen LogP contribution in [-0.4, -0.2) is 35.1 Å². The topological polar surface area (TPSA) is 106 Å². The molecular formula is C16H11N5O3S3. The molecule has 2 aliphatic heterocycles. The van der Waals surface area contributed by atoms with E-state index in [1.54, 1.807) is 16.7 Å². The van der Waals surface area contributed by atoms with Crippen LogP contribution >= 0.6 is 23.5 Å². The number of benzene rings is 2. The first kappa shape index (κ1) is 16.9. The van der Waals surface area contributed by atoms with Gasteiger partial charge in [0, 0.05) is 4.90 Å². The van der Waals surface area contributed by atoms with Crippen LogP contribution in [0.4, 0.5) is 5.69 Å². The average Bonchev–Trinajstić information content (AvgIpc) is 3.16. The Bertz CT molecular complexity index is 1240. The first-order valence-corrected chi connectivity index (χ1v) is 11.2. The number of azo groups is 1. The van der Waals surface area contributed by atoms with Crippen LogP contribution in [0.3, 0.4) is 0 Å². The Hall–Kier alpha value is -2.21. The molecule has 5 rings (SSSR count). The van der Waals surface area contributed by atoms with Gasteiger partial charge in [-0.15, -0.1) is 11.8 Å². The maximum Gasteiger partial charge on any atom is 0.270 e. The number of carbonyl (C=O) groups is 1. The Morgan fingerprint density at radius 1 is 1.22 bits per heavy atom. The summed E-state index contributed by atoms with van der Waals surface area (Å²) in [5.41, 5.74) is 2.03. The van der Waals surface area contributed by atoms with E-state index < -0.39 is 15.4 Å². The maximum atomic E-state index is 12.7. The summed E-state index contributed by atoms with van der Waals surface area (Å²) in [6.45, 7) is 0. The lowest BCUT2D eigenvalue weighted by Crippen LogP contribution is -2.27. The van der Waals surface area contributed by atoms with E-state index in [0.29, 0.717) is 15.7 Å². The highest BCUT2D eigenvalue weighted by molar-refractivity contribution is 8.02. The number of hydrogen-bond acceptors (Lipinski definition) is 8. The molecule has 0 amide bonds. The van der Waals surface area contributed by atoms with Crippen LogP contribution in [0.5, 0.6) is 0 Å². The SMILES string of the molecule is O=C1C(N=Nc2ccc3c(c2)SCNS3(=O)=O)Sc2nc3ccccc3n21. The van der Waals surface area contributed by atoms with Gasteiger partial charge in [-0.2, -0.15) is 10.2 Å². The van der Waals surface area contributed by atoms with E-state index in [-0.39, 0.29) is 16.7 Å². The molecular weight excluding hydrogens is 406 g/mol. The second-order valence-corrected chi connectivity index (χ2v) is 9.61. The van der Waals surface area contributed by atoms with Gasteiger partial charge in [-0.1, -0.05) is 12.1 Å². The zero-order valence-corrected chi connectivity index (χ0v) is 16.0. The van der Waals surface area contributed by atoms with Crippen molar-refractivity contribution in [2.75, 3.05) is 5.88 Å². The lowest BCUT2D eigenvalue weighted by molar-refractivity contribution is 0.0915. The fraction of sp³-hybridized carbons (Fsp3) is 0.125. The van der Waals surface area contributed by atoms with Gasteiger partial charge in [-0.3, -0.25) is 9.36 Å². The maximum absolute atomic E-state index is 12.7. The summed E-state index contributed by atoms with van der Waals surface area (Å²) in [5.74, 6) is 0.0905. The van der Waals surface area contributed by atoms with E-state index in [1.165, 1.54) is 29.6 Å². The summed E-state index contributed by atoms with van der Waals surface area (Å²) in [6, 6.07) is 12.2. The average molecular weight is 417 g/mol. The first-order chi connectivity index (χ1) is 13.0. The van der Waals surface area contributed by atoms with E-state index in [1.807, 2.05) is 24.3 Å². The second kappa shape index (κ2) is 6.16. The number of nitrogens with zero attached hydrogens (tertiary/aromatic N) is 4. The van der Waals surface area contributed by atoms with Gasteiger partial charge in [0.05, 0.1) is 27.5 Å². The number of thioether (sulfide) groups is 2. The summed E-state index contributed by atoms with van der Waals surface area (Å²) in [5, 5.41) is 8.21. The molecule has 0 aliphatic carbocycles. The monoisotopic (exact) mass is 417 g/mol. The molecule has 11 heteroatoms. The van der Waals surface area contributed by atoms with Crippen molar-refractivity contribution < 1.29 is 13.2 Å². The van der Waals surface area contributed by atoms with Gasteiger partial charge in [-0.25, -0.2) is 18.1 Å². The molecule has 3 heterocycles. The predicted octanol–water partition coefficient (Wildman–Crippen LogP) is 3.23. The van der Waals surface area contributed by atoms with E-state index in [2.05, 4.69) is 19.9 Å². The molecule has 1 aromatic heterocycles. The highest BCUT2D eigenvalue weighted by Gasteiger charge is 2.34. The lowest BCUT2D eigenvalue weighted by Gasteiger charge is -2.16. The molecule has 8 nitrogen and oxygen atoms in total. The van der Waals surface area contributed by atoms with Crippen molar-refractivity contribution in [3.8, 4) is 0 Å². The highest BCUT2D eigenvalue weighted by Crippen LogP contribution is 2.37. The summed E-state index contributed by atoms with van der Waals surface area (Å²) < 4.78 is 27.9. The van der Waals surface area contributed by atoms with Gasteiger partial charge in [0.2, 0.25) is 15.4 Å². The molecule has 0 saturated carbocycles. The summed E-state index contributed by atoms with van der Waals surface area (Å²) >= 11 is 2.63. The van der Waals surface area contributed by atoms with Crippen LogP contribution in [-0.2, 0) is 10.0 Å². The predicted molar refractivity (Wildman–Crippen MR) is 102 cm³/mol. The second-order valence-electron chi connectivity index (χ2n) is 5.81. The van der Waals surface area contributed by atoms with Crippen LogP contribution in [0, 0.1) is 0 Å². The van der Waals surface area contributed by atoms with Crippen LogP contribution in [0.25, 0.3) is 11.0 Å². The van der Waals surface area contributed by atoms with Gasteiger partial charge in [-0.05, 0) is 42.1 Å². The quantitative estimate of drug-likeness (QED) is 0.642. The normalized spacial score (nSPS) is 20.9. The zero-order chi connectivity index (χ0) is 18.6. The highest BCUT2D eigenvalue weighted by atomic mass is 32.2. The van der Waals surface area contributed by atoms with E-state index >= 15 is 0 Å². The number of nitrogens with one attached hydrogen (secondary N) is 1. The van der Waals surface area contributed by atoms with Gasteiger partial charge < -0.3 is 0 Å². The summed E-state index contributed by atoms with van der Waals surface area (Å²) in [6.07, 6.45) is 0. The molecule has 3 aromatic rings. The minimum atomic E-state index is -3.46. The van der Waals surface area contributed by atoms with Gasteiger partial charge in [0.1, 0.15) is 0 Å². The van der Waals surface area contributed by atoms with Crippen molar-refractivity contribution in [3.63, 3.8) is 0 Å². The van der Waals surface area contributed by atoms with Crippen molar-refractivity contribution in [1.82, 2.24) is 14.3 Å². The number of imidazole rings is 1. The van der Waals surface area contributed by atoms with Crippen molar-refractivity contribution in [2.24, 2.45) is 10.2 Å². The third-order valence-corrected chi connectivity index (χ3v) is 7.86. The smallest absolute Gasteiger partial charge is 0.270 e. The van der Waals surface area contributed by atoms with E-state index in [9.17, 15) is 13.2 Å². The van der Waals surface area contributed by atoms with Crippen LogP contribution in [0.2, 0.25) is 0 Å². The van der Waals surface area contributed by atoms with E-state index in [4.69, 9.17) is 0 Å². The number of sulfonamides is 1. The standard InChI is InChI=1S/C16H11N5O3S3/c22-15-14(26-16-18-10-3-1-2-4-11(10)21(15)16)20-19-9-5-6-13-12(7-9)25-8-17-27(13,23)24/h1-7,14,17H,8H2. The molecule has 0 radical (unpaired) electrons. The molecule has 0 fully saturated rings. The third-order valence-electron chi connectivity index (χ3n) is 4.15. The summed E-state index contributed by atoms with van der Waals surface area (Å²) in [7, 11) is -3.46. The van der Waals surface area contributed by atoms with Crippen molar-refractivity contribution in [3.05, 3.63) is 42.5 Å². The van der Waals surface area contributed by atoms with Gasteiger partial charge in [0.25, 0.3) is 5.91 Å². The summed E-state index contributed by atoms with van der Waals surface area (Å²) in [4.78, 5) is 18.0. The molecule has 27 heavy (non-hydrogen) atoms. The molecule has 136 valence electrons. The first-order valence-electron chi connectivity index (χ1n) is 7.89. The molecule has 1 unspecified atom stereocenters. The number of hydrogen-bond donors (Lipinski definition) is 1. The Kier molecular flexibility index (Phi) is 3.86. The largest absolute Gasteiger partial charge is 0.270 e. The van der Waals surface area contributed by atoms with Crippen LogP contribution < -0.4 is 4.72 Å². The van der Waals surface area contributed by atoms with Crippen molar-refractivity contribution in [1.29, 1.82) is 0 Å². The number of fused-ring (bicyclic) bond motifs is 4. The fourth-order valence-electron chi connectivity index (χ4n) is 2.90. The zero-order valence-electron chi connectivity index (χ0n) is 13.6. The van der Waals surface area contributed by atoms with Gasteiger partial charge in [0.15, 0.2) is 5.16 Å². The molecule has 1 N–H and O–H groups in total. The van der Waals surface area contributed by atoms with Gasteiger partial charge >= 0.3 is 0 Å². The fourth-order valence-corrected chi connectivity index (χ4v) is 6.51. The van der Waals surface area contributed by atoms with Crippen molar-refractivity contribution in [2.45, 2.75) is 20.3 Å². The number of para-hydroxylation sites is 2. The van der Waals surface area contributed by atoms with Crippen LogP contribution in [0.15, 0.2) is 67.6 Å². The minimum Gasteiger partial charge on any atom is -0.270 e. The Balaban J connectivity index is 1.43. The van der Waals surface area contributed by atoms with Crippen molar-refractivity contribution >= 4 is 56.2 Å². The number of carbonyl (C=O) groups excluding carboxylic acids is 1. The Morgan fingerprint density at radius 2 is 2.07 bits per heavy atom. The number of aromatic nitrogens is 2. The molecule has 2 aliphatic rings. The van der Waals surface area contributed by atoms with E-state index in [0.717, 1.165) is 11.0 Å². The molecule has 0 saturated heterocycles.